The molecule has 1 aliphatic rings. The molecule has 0 saturated heterocycles. The number of hydrogen-bond donors (Lipinski definition) is 1. The van der Waals surface area contributed by atoms with Gasteiger partial charge in [-0.05, 0) is 54.5 Å². The minimum Gasteiger partial charge on any atom is -0.298 e. The minimum atomic E-state index is -0.166. The molecule has 0 atom stereocenters. The Balaban J connectivity index is 1.45. The lowest BCUT2D eigenvalue weighted by Crippen LogP contribution is -2.07. The fraction of sp³-hybridized carbons (Fsp3) is 0.182. The molecule has 3 aromatic rings. The molecular formula is C22H20N2OS. The van der Waals surface area contributed by atoms with Crippen molar-refractivity contribution in [2.45, 2.75) is 25.7 Å². The molecule has 2 aromatic carbocycles. The Morgan fingerprint density at radius 1 is 1.04 bits per heavy atom. The molecule has 0 radical (unpaired) electrons. The molecule has 0 unspecified atom stereocenters. The highest BCUT2D eigenvalue weighted by molar-refractivity contribution is 7.14. The van der Waals surface area contributed by atoms with Crippen LogP contribution in [-0.4, -0.2) is 10.9 Å². The van der Waals surface area contributed by atoms with Gasteiger partial charge in [-0.1, -0.05) is 42.5 Å². The largest absolute Gasteiger partial charge is 0.298 e. The number of benzene rings is 2. The first kappa shape index (κ1) is 16.7. The molecule has 0 aliphatic heterocycles. The predicted octanol–water partition coefficient (Wildman–Crippen LogP) is 5.34. The van der Waals surface area contributed by atoms with Crippen LogP contribution in [0.15, 0.2) is 60.0 Å². The van der Waals surface area contributed by atoms with E-state index in [9.17, 15) is 4.79 Å². The molecule has 0 spiro atoms. The summed E-state index contributed by atoms with van der Waals surface area (Å²) in [6, 6.07) is 16.4. The van der Waals surface area contributed by atoms with Gasteiger partial charge in [-0.15, -0.1) is 11.3 Å². The number of nitrogens with one attached hydrogen (secondary N) is 1. The summed E-state index contributed by atoms with van der Waals surface area (Å²) < 4.78 is 0. The highest BCUT2D eigenvalue weighted by atomic mass is 32.1. The summed E-state index contributed by atoms with van der Waals surface area (Å²) in [5.41, 5.74) is 5.96. The first-order valence-electron chi connectivity index (χ1n) is 8.90. The van der Waals surface area contributed by atoms with E-state index in [2.05, 4.69) is 28.5 Å². The molecule has 1 N–H and O–H groups in total. The molecule has 1 aliphatic carbocycles. The summed E-state index contributed by atoms with van der Waals surface area (Å²) in [6.45, 7) is 0. The molecule has 1 amide bonds. The van der Waals surface area contributed by atoms with Crippen molar-refractivity contribution in [1.29, 1.82) is 0 Å². The summed E-state index contributed by atoms with van der Waals surface area (Å²) in [4.78, 5) is 16.7. The number of rotatable bonds is 4. The van der Waals surface area contributed by atoms with E-state index < -0.39 is 0 Å². The Bertz CT molecular complexity index is 944. The fourth-order valence-corrected chi connectivity index (χ4v) is 3.96. The highest BCUT2D eigenvalue weighted by Crippen LogP contribution is 2.29. The van der Waals surface area contributed by atoms with E-state index in [4.69, 9.17) is 0 Å². The number of hydrogen-bond acceptors (Lipinski definition) is 3. The topological polar surface area (TPSA) is 42.0 Å². The van der Waals surface area contributed by atoms with Crippen molar-refractivity contribution in [3.63, 3.8) is 0 Å². The highest BCUT2D eigenvalue weighted by Gasteiger charge is 2.12. The zero-order valence-electron chi connectivity index (χ0n) is 14.4. The van der Waals surface area contributed by atoms with Crippen molar-refractivity contribution in [2.75, 3.05) is 5.32 Å². The lowest BCUT2D eigenvalue weighted by molar-refractivity contribution is -0.111. The van der Waals surface area contributed by atoms with Crippen LogP contribution in [0.25, 0.3) is 17.3 Å². The Morgan fingerprint density at radius 3 is 2.69 bits per heavy atom. The average Bonchev–Trinajstić information content (AvgIpc) is 3.15. The second-order valence-corrected chi connectivity index (χ2v) is 7.32. The van der Waals surface area contributed by atoms with Crippen LogP contribution in [0.2, 0.25) is 0 Å². The number of anilines is 1. The molecule has 0 bridgehead atoms. The van der Waals surface area contributed by atoms with Gasteiger partial charge in [-0.2, -0.15) is 0 Å². The van der Waals surface area contributed by atoms with Gasteiger partial charge in [0.25, 0.3) is 0 Å². The summed E-state index contributed by atoms with van der Waals surface area (Å²) >= 11 is 1.45. The number of nitrogens with zero attached hydrogens (tertiary/aromatic N) is 1. The Morgan fingerprint density at radius 2 is 1.85 bits per heavy atom. The second-order valence-electron chi connectivity index (χ2n) is 6.46. The number of thiazole rings is 1. The van der Waals surface area contributed by atoms with Crippen LogP contribution in [0.5, 0.6) is 0 Å². The van der Waals surface area contributed by atoms with Gasteiger partial charge in [0, 0.05) is 17.0 Å². The van der Waals surface area contributed by atoms with Crippen LogP contribution >= 0.6 is 11.3 Å². The number of carbonyl (C=O) groups is 1. The van der Waals surface area contributed by atoms with Crippen LogP contribution in [0.3, 0.4) is 0 Å². The van der Waals surface area contributed by atoms with Crippen LogP contribution in [0, 0.1) is 0 Å². The van der Waals surface area contributed by atoms with Gasteiger partial charge < -0.3 is 0 Å². The maximum Gasteiger partial charge on any atom is 0.250 e. The van der Waals surface area contributed by atoms with E-state index in [-0.39, 0.29) is 5.91 Å². The van der Waals surface area contributed by atoms with Gasteiger partial charge in [-0.25, -0.2) is 4.98 Å². The first-order valence-corrected chi connectivity index (χ1v) is 9.78. The van der Waals surface area contributed by atoms with Gasteiger partial charge in [0.05, 0.1) is 5.69 Å². The van der Waals surface area contributed by atoms with Crippen molar-refractivity contribution in [2.24, 2.45) is 0 Å². The summed E-state index contributed by atoms with van der Waals surface area (Å²) in [5.74, 6) is -0.166. The molecule has 26 heavy (non-hydrogen) atoms. The van der Waals surface area contributed by atoms with Crippen molar-refractivity contribution < 1.29 is 4.79 Å². The molecule has 130 valence electrons. The molecule has 1 aromatic heterocycles. The monoisotopic (exact) mass is 360 g/mol. The molecule has 4 rings (SSSR count). The number of fused-ring (bicyclic) bond motifs is 1. The van der Waals surface area contributed by atoms with Gasteiger partial charge in [0.1, 0.15) is 0 Å². The Kier molecular flexibility index (Phi) is 4.93. The molecule has 0 fully saturated rings. The minimum absolute atomic E-state index is 0.166. The third-order valence-electron chi connectivity index (χ3n) is 4.61. The molecule has 4 heteroatoms. The first-order chi connectivity index (χ1) is 12.8. The van der Waals surface area contributed by atoms with E-state index in [1.807, 2.05) is 35.7 Å². The van der Waals surface area contributed by atoms with Crippen LogP contribution in [0.1, 0.15) is 29.5 Å². The van der Waals surface area contributed by atoms with Crippen molar-refractivity contribution in [3.8, 4) is 11.3 Å². The third kappa shape index (κ3) is 3.92. The van der Waals surface area contributed by atoms with E-state index in [0.717, 1.165) is 23.2 Å². The normalized spacial score (nSPS) is 13.5. The van der Waals surface area contributed by atoms with Crippen molar-refractivity contribution >= 4 is 28.5 Å². The predicted molar refractivity (Wildman–Crippen MR) is 108 cm³/mol. The molecular weight excluding hydrogens is 340 g/mol. The Hall–Kier alpha value is -2.72. The van der Waals surface area contributed by atoms with Gasteiger partial charge in [-0.3, -0.25) is 10.1 Å². The van der Waals surface area contributed by atoms with E-state index in [1.165, 1.54) is 47.8 Å². The van der Waals surface area contributed by atoms with Crippen LogP contribution in [-0.2, 0) is 17.6 Å². The quantitative estimate of drug-likeness (QED) is 0.638. The summed E-state index contributed by atoms with van der Waals surface area (Å²) in [7, 11) is 0. The van der Waals surface area contributed by atoms with Crippen LogP contribution in [0.4, 0.5) is 5.13 Å². The molecule has 0 saturated carbocycles. The molecule has 1 heterocycles. The van der Waals surface area contributed by atoms with E-state index in [0.29, 0.717) is 5.13 Å². The van der Waals surface area contributed by atoms with Gasteiger partial charge in [0.15, 0.2) is 5.13 Å². The Labute approximate surface area is 157 Å². The van der Waals surface area contributed by atoms with E-state index >= 15 is 0 Å². The van der Waals surface area contributed by atoms with Gasteiger partial charge >= 0.3 is 0 Å². The van der Waals surface area contributed by atoms with Crippen LogP contribution < -0.4 is 5.32 Å². The lowest BCUT2D eigenvalue weighted by Gasteiger charge is -2.16. The SMILES string of the molecule is O=C(C=Cc1ccccc1)Nc1nc(-c2ccc3c(c2)CCCC3)cs1. The average molecular weight is 360 g/mol. The maximum atomic E-state index is 12.1. The summed E-state index contributed by atoms with van der Waals surface area (Å²) in [5, 5.41) is 5.47. The smallest absolute Gasteiger partial charge is 0.250 e. The number of amides is 1. The number of aryl methyl sites for hydroxylation is 2. The fourth-order valence-electron chi connectivity index (χ4n) is 3.24. The zero-order valence-corrected chi connectivity index (χ0v) is 15.3. The van der Waals surface area contributed by atoms with Gasteiger partial charge in [0.2, 0.25) is 5.91 Å². The molecule has 3 nitrogen and oxygen atoms in total. The van der Waals surface area contributed by atoms with E-state index in [1.54, 1.807) is 6.08 Å². The third-order valence-corrected chi connectivity index (χ3v) is 5.36. The standard InChI is InChI=1S/C22H20N2OS/c25-21(13-10-16-6-2-1-3-7-16)24-22-23-20(15-26-22)19-12-11-17-8-4-5-9-18(17)14-19/h1-3,6-7,10-15H,4-5,8-9H2,(H,23,24,25). The zero-order chi connectivity index (χ0) is 17.8. The second kappa shape index (κ2) is 7.67. The number of carbonyl (C=O) groups excluding carboxylic acids is 1. The summed E-state index contributed by atoms with van der Waals surface area (Å²) in [6.07, 6.45) is 8.23. The lowest BCUT2D eigenvalue weighted by atomic mass is 9.90. The maximum absolute atomic E-state index is 12.1. The van der Waals surface area contributed by atoms with Crippen molar-refractivity contribution in [1.82, 2.24) is 4.98 Å². The van der Waals surface area contributed by atoms with Crippen molar-refractivity contribution in [3.05, 3.63) is 76.7 Å². The number of aromatic nitrogens is 1.